The van der Waals surface area contributed by atoms with Crippen LogP contribution in [-0.4, -0.2) is 59.1 Å². The van der Waals surface area contributed by atoms with Crippen LogP contribution in [0.5, 0.6) is 11.5 Å². The SMILES string of the molecule is COc1cc2c(cc1OC)CN(C(=O)COC(=O)CCNS(=O)(=O)c1cccc(Cl)c1)CC2. The summed E-state index contributed by atoms with van der Waals surface area (Å²) in [7, 11) is -0.688. The van der Waals surface area contributed by atoms with Crippen molar-refractivity contribution in [2.75, 3.05) is 33.9 Å². The summed E-state index contributed by atoms with van der Waals surface area (Å²) in [5.74, 6) is 0.206. The first-order valence-electron chi connectivity index (χ1n) is 10.2. The van der Waals surface area contributed by atoms with E-state index in [1.807, 2.05) is 12.1 Å². The summed E-state index contributed by atoms with van der Waals surface area (Å²) in [6, 6.07) is 9.52. The summed E-state index contributed by atoms with van der Waals surface area (Å²) in [6.07, 6.45) is 0.424. The van der Waals surface area contributed by atoms with Gasteiger partial charge in [0.2, 0.25) is 10.0 Å². The molecule has 0 bridgehead atoms. The fraction of sp³-hybridized carbons (Fsp3) is 0.364. The maximum absolute atomic E-state index is 12.5. The van der Waals surface area contributed by atoms with E-state index < -0.39 is 22.6 Å². The number of esters is 1. The van der Waals surface area contributed by atoms with Crippen molar-refractivity contribution >= 4 is 33.5 Å². The normalized spacial score (nSPS) is 13.2. The molecule has 1 aliphatic rings. The number of amides is 1. The fourth-order valence-electron chi connectivity index (χ4n) is 3.41. The molecule has 1 aliphatic heterocycles. The molecule has 0 radical (unpaired) electrons. The van der Waals surface area contributed by atoms with E-state index in [2.05, 4.69) is 4.72 Å². The van der Waals surface area contributed by atoms with Crippen LogP contribution in [-0.2, 0) is 37.3 Å². The Morgan fingerprint density at radius 3 is 2.45 bits per heavy atom. The molecule has 1 amide bonds. The third-order valence-electron chi connectivity index (χ3n) is 5.15. The van der Waals surface area contributed by atoms with Gasteiger partial charge in [0.25, 0.3) is 5.91 Å². The summed E-state index contributed by atoms with van der Waals surface area (Å²) in [4.78, 5) is 26.1. The molecule has 33 heavy (non-hydrogen) atoms. The van der Waals surface area contributed by atoms with E-state index in [9.17, 15) is 18.0 Å². The number of carbonyl (C=O) groups excluding carboxylic acids is 2. The minimum Gasteiger partial charge on any atom is -0.493 e. The second-order valence-corrected chi connectivity index (χ2v) is 9.51. The van der Waals surface area contributed by atoms with E-state index in [-0.39, 0.29) is 28.8 Å². The number of benzene rings is 2. The largest absolute Gasteiger partial charge is 0.493 e. The molecule has 11 heteroatoms. The highest BCUT2D eigenvalue weighted by molar-refractivity contribution is 7.89. The van der Waals surface area contributed by atoms with Crippen molar-refractivity contribution in [2.45, 2.75) is 24.3 Å². The quantitative estimate of drug-likeness (QED) is 0.529. The first-order chi connectivity index (χ1) is 15.7. The van der Waals surface area contributed by atoms with Gasteiger partial charge in [-0.25, -0.2) is 13.1 Å². The molecule has 0 atom stereocenters. The van der Waals surface area contributed by atoms with Gasteiger partial charge in [-0.1, -0.05) is 17.7 Å². The van der Waals surface area contributed by atoms with Crippen LogP contribution in [0.4, 0.5) is 0 Å². The molecule has 1 N–H and O–H groups in total. The standard InChI is InChI=1S/C22H25ClN2O7S/c1-30-19-10-15-7-9-25(13-16(15)11-20(19)31-2)21(26)14-32-22(27)6-8-24-33(28,29)18-5-3-4-17(23)12-18/h3-5,10-12,24H,6-9,13-14H2,1-2H3. The summed E-state index contributed by atoms with van der Waals surface area (Å²) in [6.45, 7) is 0.271. The van der Waals surface area contributed by atoms with Crippen LogP contribution in [0.15, 0.2) is 41.3 Å². The smallest absolute Gasteiger partial charge is 0.307 e. The number of methoxy groups -OCH3 is 2. The molecule has 3 rings (SSSR count). The van der Waals surface area contributed by atoms with Crippen LogP contribution in [0, 0.1) is 0 Å². The van der Waals surface area contributed by atoms with Gasteiger partial charge in [-0.2, -0.15) is 0 Å². The van der Waals surface area contributed by atoms with Gasteiger partial charge < -0.3 is 19.1 Å². The molecule has 2 aromatic carbocycles. The molecule has 1 heterocycles. The number of rotatable bonds is 9. The van der Waals surface area contributed by atoms with Gasteiger partial charge in [0.15, 0.2) is 18.1 Å². The van der Waals surface area contributed by atoms with E-state index in [1.54, 1.807) is 25.2 Å². The molecule has 0 saturated carbocycles. The molecule has 0 aromatic heterocycles. The molecule has 178 valence electrons. The number of nitrogens with one attached hydrogen (secondary N) is 1. The molecule has 9 nitrogen and oxygen atoms in total. The lowest BCUT2D eigenvalue weighted by Gasteiger charge is -2.29. The maximum atomic E-state index is 12.5. The number of nitrogens with zero attached hydrogens (tertiary/aromatic N) is 1. The summed E-state index contributed by atoms with van der Waals surface area (Å²) in [5.41, 5.74) is 2.01. The van der Waals surface area contributed by atoms with Gasteiger partial charge in [-0.3, -0.25) is 9.59 Å². The Hall–Kier alpha value is -2.82. The molecule has 0 saturated heterocycles. The third-order valence-corrected chi connectivity index (χ3v) is 6.85. The van der Waals surface area contributed by atoms with E-state index in [0.717, 1.165) is 11.1 Å². The first kappa shape index (κ1) is 24.8. The van der Waals surface area contributed by atoms with Crippen LogP contribution >= 0.6 is 11.6 Å². The van der Waals surface area contributed by atoms with Gasteiger partial charge in [-0.15, -0.1) is 0 Å². The molecule has 0 unspecified atom stereocenters. The summed E-state index contributed by atoms with van der Waals surface area (Å²) in [5, 5.41) is 0.286. The monoisotopic (exact) mass is 496 g/mol. The van der Waals surface area contributed by atoms with Crippen LogP contribution in [0.1, 0.15) is 17.5 Å². The Labute approximate surface area is 197 Å². The topological polar surface area (TPSA) is 111 Å². The van der Waals surface area contributed by atoms with Crippen molar-refractivity contribution in [3.8, 4) is 11.5 Å². The highest BCUT2D eigenvalue weighted by Gasteiger charge is 2.24. The average Bonchev–Trinajstić information content (AvgIpc) is 2.81. The Kier molecular flexibility index (Phi) is 8.17. The third kappa shape index (κ3) is 6.37. The summed E-state index contributed by atoms with van der Waals surface area (Å²) < 4.78 is 42.4. The number of halogens is 1. The zero-order valence-electron chi connectivity index (χ0n) is 18.3. The summed E-state index contributed by atoms with van der Waals surface area (Å²) >= 11 is 5.81. The Morgan fingerprint density at radius 2 is 1.79 bits per heavy atom. The molecule has 0 fully saturated rings. The van der Waals surface area contributed by atoms with Crippen molar-refractivity contribution in [3.63, 3.8) is 0 Å². The van der Waals surface area contributed by atoms with E-state index in [4.69, 9.17) is 25.8 Å². The van der Waals surface area contributed by atoms with E-state index in [0.29, 0.717) is 31.0 Å². The molecule has 0 spiro atoms. The zero-order valence-corrected chi connectivity index (χ0v) is 19.9. The molecular weight excluding hydrogens is 472 g/mol. The van der Waals surface area contributed by atoms with Gasteiger partial charge in [0.05, 0.1) is 25.5 Å². The predicted molar refractivity (Wildman–Crippen MR) is 121 cm³/mol. The second kappa shape index (κ2) is 10.9. The lowest BCUT2D eigenvalue weighted by molar-refractivity contribution is -0.152. The van der Waals surface area contributed by atoms with Crippen LogP contribution in [0.25, 0.3) is 0 Å². The van der Waals surface area contributed by atoms with Crippen molar-refractivity contribution in [2.24, 2.45) is 0 Å². The minimum atomic E-state index is -3.80. The van der Waals surface area contributed by atoms with E-state index in [1.165, 1.54) is 18.2 Å². The van der Waals surface area contributed by atoms with Crippen molar-refractivity contribution in [1.29, 1.82) is 0 Å². The lowest BCUT2D eigenvalue weighted by atomic mass is 9.99. The molecule has 2 aromatic rings. The van der Waals surface area contributed by atoms with Crippen molar-refractivity contribution < 1.29 is 32.2 Å². The maximum Gasteiger partial charge on any atom is 0.307 e. The van der Waals surface area contributed by atoms with Gasteiger partial charge in [-0.05, 0) is 47.9 Å². The number of hydrogen-bond donors (Lipinski definition) is 1. The Bertz CT molecular complexity index is 1140. The van der Waals surface area contributed by atoms with Gasteiger partial charge in [0, 0.05) is 24.7 Å². The molecular formula is C22H25ClN2O7S. The highest BCUT2D eigenvalue weighted by Crippen LogP contribution is 2.33. The predicted octanol–water partition coefficient (Wildman–Crippen LogP) is 2.15. The van der Waals surface area contributed by atoms with Crippen LogP contribution in [0.2, 0.25) is 5.02 Å². The highest BCUT2D eigenvalue weighted by atomic mass is 35.5. The number of hydrogen-bond acceptors (Lipinski definition) is 7. The van der Waals surface area contributed by atoms with Gasteiger partial charge in [0.1, 0.15) is 0 Å². The van der Waals surface area contributed by atoms with Crippen molar-refractivity contribution in [1.82, 2.24) is 9.62 Å². The van der Waals surface area contributed by atoms with E-state index >= 15 is 0 Å². The van der Waals surface area contributed by atoms with Crippen LogP contribution in [0.3, 0.4) is 0 Å². The number of ether oxygens (including phenoxy) is 3. The first-order valence-corrected chi connectivity index (χ1v) is 12.0. The average molecular weight is 497 g/mol. The Morgan fingerprint density at radius 1 is 1.09 bits per heavy atom. The fourth-order valence-corrected chi connectivity index (χ4v) is 4.74. The second-order valence-electron chi connectivity index (χ2n) is 7.31. The number of carbonyl (C=O) groups is 2. The van der Waals surface area contributed by atoms with Crippen molar-refractivity contribution in [3.05, 3.63) is 52.5 Å². The number of sulfonamides is 1. The van der Waals surface area contributed by atoms with Gasteiger partial charge >= 0.3 is 5.97 Å². The molecule has 0 aliphatic carbocycles. The lowest BCUT2D eigenvalue weighted by Crippen LogP contribution is -2.38. The minimum absolute atomic E-state index is 0.00169. The zero-order chi connectivity index (χ0) is 24.0. The Balaban J connectivity index is 1.46. The van der Waals surface area contributed by atoms with Crippen LogP contribution < -0.4 is 14.2 Å². The number of fused-ring (bicyclic) bond motifs is 1.